The van der Waals surface area contributed by atoms with Crippen LogP contribution < -0.4 is 0 Å². The molecule has 14 heavy (non-hydrogen) atoms. The molecular weight excluding hydrogens is 188 g/mol. The van der Waals surface area contributed by atoms with Crippen molar-refractivity contribution in [2.75, 3.05) is 13.2 Å². The van der Waals surface area contributed by atoms with Gasteiger partial charge in [0, 0.05) is 12.8 Å². The standard InChI is InChI=1S/C9H14O5/c1-2-12-9(11)8-5-7(14-6-10)3-4-13-8/h6-8H,2-5H2,1H3. The third-order valence-corrected chi connectivity index (χ3v) is 2.03. The topological polar surface area (TPSA) is 61.8 Å². The lowest BCUT2D eigenvalue weighted by Gasteiger charge is -2.26. The van der Waals surface area contributed by atoms with Gasteiger partial charge in [0.15, 0.2) is 6.10 Å². The summed E-state index contributed by atoms with van der Waals surface area (Å²) < 4.78 is 14.8. The molecule has 1 aliphatic heterocycles. The molecule has 0 aromatic heterocycles. The van der Waals surface area contributed by atoms with Crippen LogP contribution in [-0.2, 0) is 23.8 Å². The predicted octanol–water partition coefficient (Wildman–Crippen LogP) is 0.270. The predicted molar refractivity (Wildman–Crippen MR) is 46.5 cm³/mol. The number of carbonyl (C=O) groups is 2. The first-order valence-electron chi connectivity index (χ1n) is 4.65. The molecule has 5 heteroatoms. The Balaban J connectivity index is 2.38. The Hall–Kier alpha value is -1.10. The van der Waals surface area contributed by atoms with Crippen LogP contribution in [0.4, 0.5) is 0 Å². The van der Waals surface area contributed by atoms with Gasteiger partial charge in [-0.05, 0) is 6.92 Å². The second-order valence-electron chi connectivity index (χ2n) is 2.99. The maximum absolute atomic E-state index is 11.3. The van der Waals surface area contributed by atoms with Gasteiger partial charge in [-0.3, -0.25) is 4.79 Å². The number of hydrogen-bond donors (Lipinski definition) is 0. The van der Waals surface area contributed by atoms with E-state index in [-0.39, 0.29) is 12.1 Å². The quantitative estimate of drug-likeness (QED) is 0.483. The van der Waals surface area contributed by atoms with Gasteiger partial charge in [0.2, 0.25) is 0 Å². The zero-order valence-corrected chi connectivity index (χ0v) is 8.10. The van der Waals surface area contributed by atoms with E-state index in [0.717, 1.165) is 0 Å². The third-order valence-electron chi connectivity index (χ3n) is 2.03. The van der Waals surface area contributed by atoms with Crippen LogP contribution in [0.15, 0.2) is 0 Å². The zero-order valence-electron chi connectivity index (χ0n) is 8.10. The molecule has 0 aliphatic carbocycles. The summed E-state index contributed by atoms with van der Waals surface area (Å²) in [5.41, 5.74) is 0. The molecule has 1 aliphatic rings. The average molecular weight is 202 g/mol. The molecule has 80 valence electrons. The molecule has 1 rings (SSSR count). The lowest BCUT2D eigenvalue weighted by atomic mass is 10.1. The van der Waals surface area contributed by atoms with Gasteiger partial charge in [-0.1, -0.05) is 0 Å². The molecule has 2 unspecified atom stereocenters. The number of esters is 1. The van der Waals surface area contributed by atoms with E-state index in [4.69, 9.17) is 14.2 Å². The van der Waals surface area contributed by atoms with Crippen LogP contribution in [0.5, 0.6) is 0 Å². The van der Waals surface area contributed by atoms with E-state index in [1.54, 1.807) is 6.92 Å². The van der Waals surface area contributed by atoms with Crippen molar-refractivity contribution < 1.29 is 23.8 Å². The van der Waals surface area contributed by atoms with Crippen LogP contribution in [-0.4, -0.2) is 37.9 Å². The van der Waals surface area contributed by atoms with Crippen molar-refractivity contribution in [3.05, 3.63) is 0 Å². The lowest BCUT2D eigenvalue weighted by Crippen LogP contribution is -2.37. The highest BCUT2D eigenvalue weighted by atomic mass is 16.6. The molecule has 0 amide bonds. The molecule has 2 atom stereocenters. The fourth-order valence-electron chi connectivity index (χ4n) is 1.37. The van der Waals surface area contributed by atoms with Crippen LogP contribution >= 0.6 is 0 Å². The van der Waals surface area contributed by atoms with Crippen LogP contribution in [0, 0.1) is 0 Å². The number of hydrogen-bond acceptors (Lipinski definition) is 5. The molecule has 0 radical (unpaired) electrons. The Bertz CT molecular complexity index is 203. The summed E-state index contributed by atoms with van der Waals surface area (Å²) in [6, 6.07) is 0. The SMILES string of the molecule is CCOC(=O)C1CC(OC=O)CCO1. The van der Waals surface area contributed by atoms with Crippen molar-refractivity contribution >= 4 is 12.4 Å². The molecule has 0 aromatic carbocycles. The summed E-state index contributed by atoms with van der Waals surface area (Å²) in [6.07, 6.45) is 0.205. The molecule has 0 aromatic rings. The second kappa shape index (κ2) is 5.59. The summed E-state index contributed by atoms with van der Waals surface area (Å²) in [5.74, 6) is -0.383. The Labute approximate surface area is 82.3 Å². The summed E-state index contributed by atoms with van der Waals surface area (Å²) in [4.78, 5) is 21.4. The van der Waals surface area contributed by atoms with Gasteiger partial charge in [0.25, 0.3) is 6.47 Å². The zero-order chi connectivity index (χ0) is 10.4. The van der Waals surface area contributed by atoms with Gasteiger partial charge in [-0.15, -0.1) is 0 Å². The molecule has 1 heterocycles. The maximum atomic E-state index is 11.3. The Morgan fingerprint density at radius 3 is 3.07 bits per heavy atom. The lowest BCUT2D eigenvalue weighted by molar-refractivity contribution is -0.167. The molecule has 5 nitrogen and oxygen atoms in total. The highest BCUT2D eigenvalue weighted by molar-refractivity contribution is 5.74. The summed E-state index contributed by atoms with van der Waals surface area (Å²) in [6.45, 7) is 2.89. The Kier molecular flexibility index (Phi) is 4.39. The van der Waals surface area contributed by atoms with Crippen molar-refractivity contribution in [3.8, 4) is 0 Å². The van der Waals surface area contributed by atoms with Crippen molar-refractivity contribution in [1.29, 1.82) is 0 Å². The monoisotopic (exact) mass is 202 g/mol. The second-order valence-corrected chi connectivity index (χ2v) is 2.99. The summed E-state index contributed by atoms with van der Waals surface area (Å²) in [7, 11) is 0. The molecule has 0 bridgehead atoms. The Morgan fingerprint density at radius 1 is 1.64 bits per heavy atom. The molecule has 0 spiro atoms. The van der Waals surface area contributed by atoms with Crippen molar-refractivity contribution in [1.82, 2.24) is 0 Å². The van der Waals surface area contributed by atoms with E-state index < -0.39 is 6.10 Å². The smallest absolute Gasteiger partial charge is 0.335 e. The fourth-order valence-corrected chi connectivity index (χ4v) is 1.37. The van der Waals surface area contributed by atoms with Gasteiger partial charge < -0.3 is 14.2 Å². The highest BCUT2D eigenvalue weighted by Crippen LogP contribution is 2.17. The normalized spacial score (nSPS) is 26.6. The molecule has 0 N–H and O–H groups in total. The number of ether oxygens (including phenoxy) is 3. The van der Waals surface area contributed by atoms with Crippen LogP contribution in [0.3, 0.4) is 0 Å². The van der Waals surface area contributed by atoms with Gasteiger partial charge in [-0.2, -0.15) is 0 Å². The largest absolute Gasteiger partial charge is 0.464 e. The van der Waals surface area contributed by atoms with Gasteiger partial charge in [-0.25, -0.2) is 4.79 Å². The number of rotatable bonds is 4. The summed E-state index contributed by atoms with van der Waals surface area (Å²) >= 11 is 0. The van der Waals surface area contributed by atoms with Crippen LogP contribution in [0.2, 0.25) is 0 Å². The number of carbonyl (C=O) groups excluding carboxylic acids is 2. The first-order valence-corrected chi connectivity index (χ1v) is 4.65. The van der Waals surface area contributed by atoms with Gasteiger partial charge in [0.05, 0.1) is 13.2 Å². The van der Waals surface area contributed by atoms with Crippen molar-refractivity contribution in [3.63, 3.8) is 0 Å². The van der Waals surface area contributed by atoms with E-state index in [1.165, 1.54) is 0 Å². The fraction of sp³-hybridized carbons (Fsp3) is 0.778. The maximum Gasteiger partial charge on any atom is 0.335 e. The first kappa shape index (κ1) is 11.0. The van der Waals surface area contributed by atoms with E-state index in [9.17, 15) is 9.59 Å². The minimum absolute atomic E-state index is 0.226. The minimum atomic E-state index is -0.589. The molecular formula is C9H14O5. The van der Waals surface area contributed by atoms with Crippen molar-refractivity contribution in [2.45, 2.75) is 32.0 Å². The molecule has 0 saturated carbocycles. The first-order chi connectivity index (χ1) is 6.77. The van der Waals surface area contributed by atoms with Crippen LogP contribution in [0.25, 0.3) is 0 Å². The van der Waals surface area contributed by atoms with Crippen LogP contribution in [0.1, 0.15) is 19.8 Å². The van der Waals surface area contributed by atoms with E-state index in [0.29, 0.717) is 32.5 Å². The van der Waals surface area contributed by atoms with E-state index in [1.807, 2.05) is 0 Å². The van der Waals surface area contributed by atoms with E-state index >= 15 is 0 Å². The third kappa shape index (κ3) is 2.99. The molecule has 1 fully saturated rings. The minimum Gasteiger partial charge on any atom is -0.464 e. The highest BCUT2D eigenvalue weighted by Gasteiger charge is 2.29. The summed E-state index contributed by atoms with van der Waals surface area (Å²) in [5, 5.41) is 0. The van der Waals surface area contributed by atoms with Gasteiger partial charge in [0.1, 0.15) is 6.10 Å². The van der Waals surface area contributed by atoms with E-state index in [2.05, 4.69) is 0 Å². The van der Waals surface area contributed by atoms with Crippen molar-refractivity contribution in [2.24, 2.45) is 0 Å². The van der Waals surface area contributed by atoms with Gasteiger partial charge >= 0.3 is 5.97 Å². The molecule has 1 saturated heterocycles. The average Bonchev–Trinajstić information content (AvgIpc) is 2.19. The Morgan fingerprint density at radius 2 is 2.43 bits per heavy atom.